The molecule has 1 aliphatic heterocycles. The largest absolute Gasteiger partial charge is 0.285 e. The standard InChI is InChI=1S/C17H10BrClN2O2S2/c18-12-7-5-10(6-8-12)15(22)20-21-16(23)14(25-17(21)24)9-11-3-1-2-4-13(11)19/h1-9H,(H,20,22)/b14-9-. The predicted molar refractivity (Wildman–Crippen MR) is 108 cm³/mol. The second-order valence-electron chi connectivity index (χ2n) is 4.99. The molecule has 8 heteroatoms. The number of hydrogen-bond donors (Lipinski definition) is 1. The maximum Gasteiger partial charge on any atom is 0.285 e. The summed E-state index contributed by atoms with van der Waals surface area (Å²) in [4.78, 5) is 25.2. The van der Waals surface area contributed by atoms with Crippen LogP contribution in [0.5, 0.6) is 0 Å². The van der Waals surface area contributed by atoms with E-state index in [1.807, 2.05) is 12.1 Å². The normalized spacial score (nSPS) is 15.8. The topological polar surface area (TPSA) is 49.4 Å². The van der Waals surface area contributed by atoms with Gasteiger partial charge >= 0.3 is 0 Å². The SMILES string of the molecule is O=C(NN1C(=O)/C(=C/c2ccccc2Cl)SC1=S)c1ccc(Br)cc1. The molecule has 126 valence electrons. The van der Waals surface area contributed by atoms with E-state index >= 15 is 0 Å². The van der Waals surface area contributed by atoms with Gasteiger partial charge in [0, 0.05) is 15.1 Å². The molecule has 2 amide bonds. The zero-order chi connectivity index (χ0) is 18.0. The number of hydrazine groups is 1. The van der Waals surface area contributed by atoms with Crippen molar-refractivity contribution in [3.05, 3.63) is 74.1 Å². The van der Waals surface area contributed by atoms with Crippen molar-refractivity contribution in [2.24, 2.45) is 0 Å². The number of thioether (sulfide) groups is 1. The van der Waals surface area contributed by atoms with Gasteiger partial charge in [0.1, 0.15) is 0 Å². The highest BCUT2D eigenvalue weighted by Gasteiger charge is 2.33. The molecular weight excluding hydrogens is 444 g/mol. The van der Waals surface area contributed by atoms with Gasteiger partial charge in [0.05, 0.1) is 4.91 Å². The Kier molecular flexibility index (Phi) is 5.58. The summed E-state index contributed by atoms with van der Waals surface area (Å²) >= 11 is 15.7. The van der Waals surface area contributed by atoms with Gasteiger partial charge < -0.3 is 0 Å². The van der Waals surface area contributed by atoms with Gasteiger partial charge in [-0.05, 0) is 54.2 Å². The summed E-state index contributed by atoms with van der Waals surface area (Å²) in [6, 6.07) is 14.0. The first kappa shape index (κ1) is 18.1. The van der Waals surface area contributed by atoms with Gasteiger partial charge in [-0.1, -0.05) is 57.5 Å². The van der Waals surface area contributed by atoms with Gasteiger partial charge in [0.25, 0.3) is 11.8 Å². The Morgan fingerprint density at radius 2 is 1.88 bits per heavy atom. The third-order valence-electron chi connectivity index (χ3n) is 3.31. The van der Waals surface area contributed by atoms with Crippen LogP contribution < -0.4 is 5.43 Å². The van der Waals surface area contributed by atoms with E-state index in [0.29, 0.717) is 21.1 Å². The van der Waals surface area contributed by atoms with E-state index in [1.165, 1.54) is 0 Å². The molecule has 0 aromatic heterocycles. The maximum absolute atomic E-state index is 12.5. The summed E-state index contributed by atoms with van der Waals surface area (Å²) in [5, 5.41) is 1.61. The van der Waals surface area contributed by atoms with E-state index in [4.69, 9.17) is 23.8 Å². The number of nitrogens with zero attached hydrogens (tertiary/aromatic N) is 1. The van der Waals surface area contributed by atoms with Crippen molar-refractivity contribution in [3.8, 4) is 0 Å². The van der Waals surface area contributed by atoms with Crippen LogP contribution in [-0.4, -0.2) is 21.1 Å². The minimum Gasteiger partial charge on any atom is -0.267 e. The molecule has 0 unspecified atom stereocenters. The first-order chi connectivity index (χ1) is 12.0. The van der Waals surface area contributed by atoms with E-state index in [2.05, 4.69) is 21.4 Å². The molecule has 1 aliphatic rings. The molecule has 0 atom stereocenters. The van der Waals surface area contributed by atoms with Crippen molar-refractivity contribution >= 4 is 73.7 Å². The lowest BCUT2D eigenvalue weighted by Gasteiger charge is -2.15. The van der Waals surface area contributed by atoms with Crippen LogP contribution in [0.1, 0.15) is 15.9 Å². The molecule has 1 N–H and O–H groups in total. The van der Waals surface area contributed by atoms with Crippen LogP contribution in [0.2, 0.25) is 5.02 Å². The van der Waals surface area contributed by atoms with Crippen LogP contribution in [0.25, 0.3) is 6.08 Å². The molecule has 0 radical (unpaired) electrons. The van der Waals surface area contributed by atoms with Gasteiger partial charge in [-0.2, -0.15) is 5.01 Å². The molecule has 25 heavy (non-hydrogen) atoms. The number of halogens is 2. The fourth-order valence-electron chi connectivity index (χ4n) is 2.06. The third kappa shape index (κ3) is 4.12. The van der Waals surface area contributed by atoms with Crippen molar-refractivity contribution in [1.82, 2.24) is 10.4 Å². The Morgan fingerprint density at radius 3 is 2.56 bits per heavy atom. The zero-order valence-corrected chi connectivity index (χ0v) is 16.5. The molecule has 2 aromatic carbocycles. The summed E-state index contributed by atoms with van der Waals surface area (Å²) in [5.74, 6) is -0.803. The molecular formula is C17H10BrClN2O2S2. The molecule has 0 spiro atoms. The molecule has 0 bridgehead atoms. The number of nitrogens with one attached hydrogen (secondary N) is 1. The van der Waals surface area contributed by atoms with E-state index in [1.54, 1.807) is 42.5 Å². The number of thiocarbonyl (C=S) groups is 1. The highest BCUT2D eigenvalue weighted by molar-refractivity contribution is 9.10. The minimum absolute atomic E-state index is 0.258. The molecule has 1 fully saturated rings. The summed E-state index contributed by atoms with van der Waals surface area (Å²) < 4.78 is 1.12. The summed E-state index contributed by atoms with van der Waals surface area (Å²) in [7, 11) is 0. The van der Waals surface area contributed by atoms with Crippen LogP contribution in [0.3, 0.4) is 0 Å². The number of hydrogen-bond acceptors (Lipinski definition) is 4. The predicted octanol–water partition coefficient (Wildman–Crippen LogP) is 4.65. The lowest BCUT2D eigenvalue weighted by atomic mass is 10.2. The molecule has 0 aliphatic carbocycles. The zero-order valence-electron chi connectivity index (χ0n) is 12.5. The number of carbonyl (C=O) groups excluding carboxylic acids is 2. The lowest BCUT2D eigenvalue weighted by Crippen LogP contribution is -2.44. The Morgan fingerprint density at radius 1 is 1.20 bits per heavy atom. The number of carbonyl (C=O) groups is 2. The quantitative estimate of drug-likeness (QED) is 0.543. The van der Waals surface area contributed by atoms with Gasteiger partial charge in [0.15, 0.2) is 4.32 Å². The second kappa shape index (κ2) is 7.70. The van der Waals surface area contributed by atoms with Crippen molar-refractivity contribution < 1.29 is 9.59 Å². The van der Waals surface area contributed by atoms with Crippen LogP contribution in [0.4, 0.5) is 0 Å². The minimum atomic E-state index is -0.414. The molecule has 1 heterocycles. The molecule has 0 saturated carbocycles. The Bertz CT molecular complexity index is 900. The average Bonchev–Trinajstić information content (AvgIpc) is 2.85. The van der Waals surface area contributed by atoms with Gasteiger partial charge in [0.2, 0.25) is 0 Å². The van der Waals surface area contributed by atoms with Crippen LogP contribution in [0.15, 0.2) is 57.9 Å². The average molecular weight is 454 g/mol. The van der Waals surface area contributed by atoms with Gasteiger partial charge in [-0.3, -0.25) is 15.0 Å². The van der Waals surface area contributed by atoms with Crippen molar-refractivity contribution in [2.45, 2.75) is 0 Å². The van der Waals surface area contributed by atoms with Crippen molar-refractivity contribution in [3.63, 3.8) is 0 Å². The first-order valence-electron chi connectivity index (χ1n) is 7.05. The smallest absolute Gasteiger partial charge is 0.267 e. The first-order valence-corrected chi connectivity index (χ1v) is 9.44. The fourth-order valence-corrected chi connectivity index (χ4v) is 3.69. The molecule has 2 aromatic rings. The van der Waals surface area contributed by atoms with Gasteiger partial charge in [-0.25, -0.2) is 0 Å². The maximum atomic E-state index is 12.5. The molecule has 1 saturated heterocycles. The Labute approximate surface area is 167 Å². The van der Waals surface area contributed by atoms with Crippen LogP contribution in [0, 0.1) is 0 Å². The highest BCUT2D eigenvalue weighted by atomic mass is 79.9. The molecule has 3 rings (SSSR count). The Balaban J connectivity index is 1.79. The Hall–Kier alpha value is -1.67. The number of amides is 2. The monoisotopic (exact) mass is 452 g/mol. The molecule has 4 nitrogen and oxygen atoms in total. The lowest BCUT2D eigenvalue weighted by molar-refractivity contribution is -0.123. The summed E-state index contributed by atoms with van der Waals surface area (Å²) in [5.41, 5.74) is 3.67. The van der Waals surface area contributed by atoms with Crippen molar-refractivity contribution in [1.29, 1.82) is 0 Å². The number of benzene rings is 2. The summed E-state index contributed by atoms with van der Waals surface area (Å²) in [6.07, 6.45) is 1.66. The van der Waals surface area contributed by atoms with Crippen molar-refractivity contribution in [2.75, 3.05) is 0 Å². The number of rotatable bonds is 3. The fraction of sp³-hybridized carbons (Fsp3) is 0. The van der Waals surface area contributed by atoms with E-state index in [0.717, 1.165) is 21.2 Å². The highest BCUT2D eigenvalue weighted by Crippen LogP contribution is 2.32. The van der Waals surface area contributed by atoms with E-state index in [-0.39, 0.29) is 10.2 Å². The van der Waals surface area contributed by atoms with Gasteiger partial charge in [-0.15, -0.1) is 0 Å². The second-order valence-corrected chi connectivity index (χ2v) is 7.99. The van der Waals surface area contributed by atoms with E-state index < -0.39 is 5.91 Å². The van der Waals surface area contributed by atoms with E-state index in [9.17, 15) is 9.59 Å². The summed E-state index contributed by atoms with van der Waals surface area (Å²) in [6.45, 7) is 0. The third-order valence-corrected chi connectivity index (χ3v) is 5.48. The van der Waals surface area contributed by atoms with Crippen LogP contribution in [-0.2, 0) is 4.79 Å². The van der Waals surface area contributed by atoms with Crippen LogP contribution >= 0.6 is 51.5 Å².